The number of methoxy groups -OCH3 is 1. The van der Waals surface area contributed by atoms with Crippen molar-refractivity contribution < 1.29 is 33.8 Å². The van der Waals surface area contributed by atoms with Gasteiger partial charge in [0.05, 0.1) is 18.9 Å². The highest BCUT2D eigenvalue weighted by Crippen LogP contribution is 2.38. The minimum atomic E-state index is -1.26. The molecule has 9 heteroatoms. The molecule has 2 aromatic carbocycles. The largest absolute Gasteiger partial charge is 0.493 e. The summed E-state index contributed by atoms with van der Waals surface area (Å²) in [6.07, 6.45) is 5.73. The zero-order chi connectivity index (χ0) is 27.5. The molecule has 38 heavy (non-hydrogen) atoms. The van der Waals surface area contributed by atoms with E-state index < -0.39 is 11.9 Å². The summed E-state index contributed by atoms with van der Waals surface area (Å²) in [5, 5.41) is 21.0. The van der Waals surface area contributed by atoms with Crippen molar-refractivity contribution >= 4 is 22.9 Å². The van der Waals surface area contributed by atoms with E-state index in [1.54, 1.807) is 7.11 Å². The van der Waals surface area contributed by atoms with Gasteiger partial charge in [-0.05, 0) is 76.2 Å². The van der Waals surface area contributed by atoms with E-state index in [0.29, 0.717) is 29.2 Å². The topological polar surface area (TPSA) is 122 Å². The first-order chi connectivity index (χ1) is 18.3. The van der Waals surface area contributed by atoms with E-state index >= 15 is 0 Å². The Labute approximate surface area is 222 Å². The van der Waals surface area contributed by atoms with Crippen LogP contribution in [0.5, 0.6) is 11.5 Å². The lowest BCUT2D eigenvalue weighted by atomic mass is 9.91. The minimum Gasteiger partial charge on any atom is -0.493 e. The number of hydrogen-bond acceptors (Lipinski definition) is 7. The molecule has 1 saturated heterocycles. The number of aryl methyl sites for hydroxylation is 1. The number of fused-ring (bicyclic) bond motifs is 1. The van der Waals surface area contributed by atoms with Crippen LogP contribution in [-0.4, -0.2) is 58.5 Å². The number of nitrogens with zero attached hydrogens (tertiary/aromatic N) is 2. The van der Waals surface area contributed by atoms with E-state index in [9.17, 15) is 9.59 Å². The smallest absolute Gasteiger partial charge is 0.328 e. The van der Waals surface area contributed by atoms with Crippen molar-refractivity contribution in [2.45, 2.75) is 52.2 Å². The third-order valence-electron chi connectivity index (χ3n) is 6.32. The number of ether oxygens (including phenoxy) is 2. The van der Waals surface area contributed by atoms with E-state index in [0.717, 1.165) is 36.4 Å². The van der Waals surface area contributed by atoms with E-state index in [-0.39, 0.29) is 6.10 Å². The summed E-state index contributed by atoms with van der Waals surface area (Å²) in [6, 6.07) is 14.7. The number of aliphatic carboxylic acids is 2. The Morgan fingerprint density at radius 3 is 2.32 bits per heavy atom. The third-order valence-corrected chi connectivity index (χ3v) is 6.32. The Morgan fingerprint density at radius 1 is 1.08 bits per heavy atom. The lowest BCUT2D eigenvalue weighted by molar-refractivity contribution is -0.134. The summed E-state index contributed by atoms with van der Waals surface area (Å²) >= 11 is 0. The van der Waals surface area contributed by atoms with Gasteiger partial charge in [0.25, 0.3) is 0 Å². The van der Waals surface area contributed by atoms with Gasteiger partial charge in [-0.3, -0.25) is 4.90 Å². The summed E-state index contributed by atoms with van der Waals surface area (Å²) in [5.41, 5.74) is 3.11. The molecular formula is C29H36N2O7. The first-order valence-corrected chi connectivity index (χ1v) is 12.8. The molecule has 0 radical (unpaired) electrons. The molecule has 1 aliphatic heterocycles. The Morgan fingerprint density at radius 2 is 1.74 bits per heavy atom. The molecule has 0 bridgehead atoms. The summed E-state index contributed by atoms with van der Waals surface area (Å²) in [5.74, 6) is -0.434. The minimum absolute atomic E-state index is 0.0409. The Bertz CT molecular complexity index is 1200. The average Bonchev–Trinajstić information content (AvgIpc) is 3.31. The van der Waals surface area contributed by atoms with Gasteiger partial charge in [-0.1, -0.05) is 35.5 Å². The molecule has 3 aromatic rings. The second-order valence-electron chi connectivity index (χ2n) is 9.52. The number of piperidine rings is 1. The van der Waals surface area contributed by atoms with Crippen LogP contribution in [0.3, 0.4) is 0 Å². The van der Waals surface area contributed by atoms with Gasteiger partial charge in [-0.15, -0.1) is 0 Å². The van der Waals surface area contributed by atoms with Crippen LogP contribution in [0.1, 0.15) is 44.4 Å². The standard InChI is InChI=1S/C25H32N2O3.C4H4O4/c1-18(2)29-25-23(28-3)12-10-21-22(26-30-24(21)25)11-9-19-13-15-27(16-14-19)17-20-7-5-4-6-8-20;5-3(6)1-2-4(7)8/h4-8,10,12,18-19H,9,11,13-17H2,1-3H3;1-2H,(H,5,6)(H,7,8). The predicted molar refractivity (Wildman–Crippen MR) is 144 cm³/mol. The molecule has 0 atom stereocenters. The maximum atomic E-state index is 9.55. The van der Waals surface area contributed by atoms with Crippen molar-refractivity contribution in [3.63, 3.8) is 0 Å². The monoisotopic (exact) mass is 524 g/mol. The predicted octanol–water partition coefficient (Wildman–Crippen LogP) is 5.18. The van der Waals surface area contributed by atoms with Crippen LogP contribution in [0.15, 0.2) is 59.1 Å². The summed E-state index contributed by atoms with van der Waals surface area (Å²) < 4.78 is 17.1. The first-order valence-electron chi connectivity index (χ1n) is 12.8. The number of aromatic nitrogens is 1. The van der Waals surface area contributed by atoms with Crippen LogP contribution in [0, 0.1) is 5.92 Å². The number of carbonyl (C=O) groups is 2. The Kier molecular flexibility index (Phi) is 10.7. The summed E-state index contributed by atoms with van der Waals surface area (Å²) in [6.45, 7) is 7.40. The van der Waals surface area contributed by atoms with Crippen molar-refractivity contribution in [3.05, 3.63) is 65.9 Å². The normalized spacial score (nSPS) is 14.4. The van der Waals surface area contributed by atoms with Gasteiger partial charge in [0.1, 0.15) is 0 Å². The fourth-order valence-electron chi connectivity index (χ4n) is 4.46. The SMILES string of the molecule is COc1ccc2c(CCC3CCN(Cc4ccccc4)CC3)noc2c1OC(C)C.O=C(O)C=CC(=O)O. The molecule has 204 valence electrons. The molecule has 1 fully saturated rings. The van der Waals surface area contributed by atoms with Gasteiger partial charge in [-0.2, -0.15) is 0 Å². The molecule has 0 amide bonds. The quantitative estimate of drug-likeness (QED) is 0.345. The van der Waals surface area contributed by atoms with Crippen LogP contribution in [0.4, 0.5) is 0 Å². The van der Waals surface area contributed by atoms with Gasteiger partial charge in [0, 0.05) is 24.1 Å². The maximum Gasteiger partial charge on any atom is 0.328 e. The molecular weight excluding hydrogens is 488 g/mol. The molecule has 0 unspecified atom stereocenters. The number of rotatable bonds is 10. The fraction of sp³-hybridized carbons (Fsp3) is 0.414. The second kappa shape index (κ2) is 14.2. The molecule has 0 aliphatic carbocycles. The molecule has 0 saturated carbocycles. The van der Waals surface area contributed by atoms with Gasteiger partial charge in [0.15, 0.2) is 5.75 Å². The van der Waals surface area contributed by atoms with Crippen LogP contribution >= 0.6 is 0 Å². The van der Waals surface area contributed by atoms with Crippen LogP contribution in [-0.2, 0) is 22.6 Å². The Hall–Kier alpha value is -3.85. The van der Waals surface area contributed by atoms with Crippen LogP contribution < -0.4 is 9.47 Å². The van der Waals surface area contributed by atoms with E-state index in [1.807, 2.05) is 26.0 Å². The molecule has 4 rings (SSSR count). The van der Waals surface area contributed by atoms with Gasteiger partial charge in [0.2, 0.25) is 11.3 Å². The van der Waals surface area contributed by atoms with Crippen molar-refractivity contribution in [1.82, 2.24) is 10.1 Å². The van der Waals surface area contributed by atoms with Crippen molar-refractivity contribution in [3.8, 4) is 11.5 Å². The van der Waals surface area contributed by atoms with Crippen LogP contribution in [0.25, 0.3) is 11.0 Å². The fourth-order valence-corrected chi connectivity index (χ4v) is 4.46. The summed E-state index contributed by atoms with van der Waals surface area (Å²) in [7, 11) is 1.65. The van der Waals surface area contributed by atoms with Crippen molar-refractivity contribution in [1.29, 1.82) is 0 Å². The molecule has 1 aliphatic rings. The number of carboxylic acid groups (broad SMARTS) is 2. The van der Waals surface area contributed by atoms with Gasteiger partial charge >= 0.3 is 11.9 Å². The van der Waals surface area contributed by atoms with Gasteiger partial charge in [-0.25, -0.2) is 9.59 Å². The molecule has 9 nitrogen and oxygen atoms in total. The highest BCUT2D eigenvalue weighted by molar-refractivity contribution is 5.89. The molecule has 0 spiro atoms. The maximum absolute atomic E-state index is 9.55. The lowest BCUT2D eigenvalue weighted by Crippen LogP contribution is -2.33. The number of carboxylic acids is 2. The second-order valence-corrected chi connectivity index (χ2v) is 9.52. The third kappa shape index (κ3) is 8.62. The average molecular weight is 525 g/mol. The van der Waals surface area contributed by atoms with Crippen molar-refractivity contribution in [2.75, 3.05) is 20.2 Å². The van der Waals surface area contributed by atoms with Crippen molar-refractivity contribution in [2.24, 2.45) is 5.92 Å². The molecule has 1 aromatic heterocycles. The van der Waals surface area contributed by atoms with E-state index in [1.165, 1.54) is 31.5 Å². The Balaban J connectivity index is 0.000000436. The number of likely N-dealkylation sites (tertiary alicyclic amines) is 1. The zero-order valence-electron chi connectivity index (χ0n) is 22.1. The van der Waals surface area contributed by atoms with Crippen LogP contribution in [0.2, 0.25) is 0 Å². The zero-order valence-corrected chi connectivity index (χ0v) is 22.1. The van der Waals surface area contributed by atoms with E-state index in [4.69, 9.17) is 24.2 Å². The van der Waals surface area contributed by atoms with Gasteiger partial charge < -0.3 is 24.2 Å². The molecule has 2 heterocycles. The molecule has 2 N–H and O–H groups in total. The number of benzene rings is 2. The summed E-state index contributed by atoms with van der Waals surface area (Å²) in [4.78, 5) is 21.7. The van der Waals surface area contributed by atoms with E-state index in [2.05, 4.69) is 40.4 Å². The number of hydrogen-bond donors (Lipinski definition) is 2. The lowest BCUT2D eigenvalue weighted by Gasteiger charge is -2.31. The highest BCUT2D eigenvalue weighted by atomic mass is 16.5. The highest BCUT2D eigenvalue weighted by Gasteiger charge is 2.22. The first kappa shape index (κ1) is 28.7.